The Morgan fingerprint density at radius 3 is 2.38 bits per heavy atom. The third kappa shape index (κ3) is 7.78. The SMILES string of the molecule is [B]N(C)[C@H](CC(C)C)C(=O)N[C@@H](C(=O)N[C@@H](CC#N)C(=O)O)[C@H](O)c1ccc(F)c([N+](=O)[O-])c1. The van der Waals surface area contributed by atoms with E-state index in [9.17, 15) is 39.1 Å². The predicted molar refractivity (Wildman–Crippen MR) is 117 cm³/mol. The predicted octanol–water partition coefficient (Wildman–Crippen LogP) is 0.165. The molecule has 1 rings (SSSR count). The van der Waals surface area contributed by atoms with Crippen LogP contribution in [0.3, 0.4) is 0 Å². The number of amides is 2. The number of aliphatic hydroxyl groups excluding tert-OH is 1. The minimum atomic E-state index is -1.94. The first kappa shape index (κ1) is 28.5. The van der Waals surface area contributed by atoms with Gasteiger partial charge in [-0.25, -0.2) is 4.79 Å². The zero-order chi connectivity index (χ0) is 26.2. The molecule has 1 aromatic carbocycles. The molecule has 0 aliphatic carbocycles. The summed E-state index contributed by atoms with van der Waals surface area (Å²) in [4.78, 5) is 48.2. The van der Waals surface area contributed by atoms with Gasteiger partial charge in [0.05, 0.1) is 23.5 Å². The Labute approximate surface area is 196 Å². The van der Waals surface area contributed by atoms with E-state index >= 15 is 0 Å². The smallest absolute Gasteiger partial charge is 0.327 e. The fourth-order valence-electron chi connectivity index (χ4n) is 3.04. The molecule has 2 radical (unpaired) electrons. The van der Waals surface area contributed by atoms with E-state index in [-0.39, 0.29) is 17.9 Å². The van der Waals surface area contributed by atoms with Crippen molar-refractivity contribution in [3.63, 3.8) is 0 Å². The molecular weight excluding hydrogens is 452 g/mol. The standard InChI is InChI=1S/C20H25BFN5O7/c1-10(2)8-15(26(3)21)18(29)25-16(19(30)24-13(6-7-23)20(31)32)17(28)11-4-5-12(22)14(9-11)27(33)34/h4-5,9-10,13,15-17,28H,6,8H2,1-3H3,(H,24,30)(H,25,29)(H,31,32)/t13-,15+,16+,17+/m0/s1. The van der Waals surface area contributed by atoms with E-state index in [1.54, 1.807) is 6.07 Å². The van der Waals surface area contributed by atoms with E-state index in [1.807, 2.05) is 19.2 Å². The fraction of sp³-hybridized carbons (Fsp3) is 0.500. The number of carbonyl (C=O) groups excluding carboxylic acids is 2. The number of nitrogens with one attached hydrogen (secondary N) is 2. The van der Waals surface area contributed by atoms with Crippen LogP contribution in [0.4, 0.5) is 10.1 Å². The zero-order valence-corrected chi connectivity index (χ0v) is 18.8. The van der Waals surface area contributed by atoms with Crippen molar-refractivity contribution in [3.8, 4) is 6.07 Å². The van der Waals surface area contributed by atoms with Crippen LogP contribution >= 0.6 is 0 Å². The Kier molecular flexibility index (Phi) is 10.6. The van der Waals surface area contributed by atoms with Crippen LogP contribution in [-0.2, 0) is 14.4 Å². The Bertz CT molecular complexity index is 969. The molecule has 0 bridgehead atoms. The second-order valence-corrected chi connectivity index (χ2v) is 7.97. The number of benzene rings is 1. The number of hydrogen-bond acceptors (Lipinski definition) is 8. The Morgan fingerprint density at radius 1 is 1.29 bits per heavy atom. The van der Waals surface area contributed by atoms with Gasteiger partial charge in [-0.3, -0.25) is 19.7 Å². The largest absolute Gasteiger partial charge is 0.480 e. The maximum Gasteiger partial charge on any atom is 0.327 e. The highest BCUT2D eigenvalue weighted by molar-refractivity contribution is 6.06. The average Bonchev–Trinajstić information content (AvgIpc) is 2.74. The van der Waals surface area contributed by atoms with E-state index in [2.05, 4.69) is 5.32 Å². The molecule has 4 atom stereocenters. The second-order valence-electron chi connectivity index (χ2n) is 7.97. The minimum Gasteiger partial charge on any atom is -0.480 e. The van der Waals surface area contributed by atoms with Crippen molar-refractivity contribution in [1.82, 2.24) is 15.4 Å². The van der Waals surface area contributed by atoms with Gasteiger partial charge in [-0.2, -0.15) is 9.65 Å². The van der Waals surface area contributed by atoms with Gasteiger partial charge in [0.25, 0.3) is 0 Å². The number of aliphatic carboxylic acids is 1. The minimum absolute atomic E-state index is 0.00529. The average molecular weight is 477 g/mol. The summed E-state index contributed by atoms with van der Waals surface area (Å²) in [5.41, 5.74) is -1.27. The summed E-state index contributed by atoms with van der Waals surface area (Å²) >= 11 is 0. The van der Waals surface area contributed by atoms with Gasteiger partial charge in [-0.1, -0.05) is 19.9 Å². The maximum absolute atomic E-state index is 13.7. The molecule has 0 spiro atoms. The quantitative estimate of drug-likeness (QED) is 0.185. The second kappa shape index (κ2) is 12.6. The lowest BCUT2D eigenvalue weighted by Crippen LogP contribution is -2.57. The van der Waals surface area contributed by atoms with Crippen LogP contribution in [0, 0.1) is 33.2 Å². The lowest BCUT2D eigenvalue weighted by Gasteiger charge is -2.30. The summed E-state index contributed by atoms with van der Waals surface area (Å²) in [5, 5.41) is 44.2. The number of hydrogen-bond donors (Lipinski definition) is 4. The van der Waals surface area contributed by atoms with E-state index in [1.165, 1.54) is 7.05 Å². The summed E-state index contributed by atoms with van der Waals surface area (Å²) in [6.45, 7) is 3.64. The number of aliphatic hydroxyl groups is 1. The van der Waals surface area contributed by atoms with Gasteiger partial charge in [0, 0.05) is 6.07 Å². The summed E-state index contributed by atoms with van der Waals surface area (Å²) in [6.07, 6.45) is -2.29. The number of nitro benzene ring substituents is 1. The van der Waals surface area contributed by atoms with E-state index in [0.29, 0.717) is 12.1 Å². The zero-order valence-electron chi connectivity index (χ0n) is 18.8. The third-order valence-corrected chi connectivity index (χ3v) is 4.80. The molecule has 0 heterocycles. The Hall–Kier alpha value is -3.57. The summed E-state index contributed by atoms with van der Waals surface area (Å²) in [5.74, 6) is -4.69. The van der Waals surface area contributed by atoms with Crippen LogP contribution in [0.5, 0.6) is 0 Å². The highest BCUT2D eigenvalue weighted by Crippen LogP contribution is 2.25. The van der Waals surface area contributed by atoms with Gasteiger partial charge < -0.3 is 25.7 Å². The number of likely N-dealkylation sites (N-methyl/N-ethyl adjacent to an activating group) is 1. The highest BCUT2D eigenvalue weighted by atomic mass is 19.1. The number of carbonyl (C=O) groups is 3. The maximum atomic E-state index is 13.7. The van der Waals surface area contributed by atoms with Gasteiger partial charge in [0.2, 0.25) is 17.6 Å². The van der Waals surface area contributed by atoms with Crippen molar-refractivity contribution in [3.05, 3.63) is 39.7 Å². The van der Waals surface area contributed by atoms with Crippen molar-refractivity contribution in [2.24, 2.45) is 5.92 Å². The first-order chi connectivity index (χ1) is 15.8. The van der Waals surface area contributed by atoms with Crippen molar-refractivity contribution >= 4 is 31.5 Å². The third-order valence-electron chi connectivity index (χ3n) is 4.80. The van der Waals surface area contributed by atoms with Crippen LogP contribution in [-0.4, -0.2) is 70.9 Å². The molecule has 34 heavy (non-hydrogen) atoms. The molecule has 0 aromatic heterocycles. The monoisotopic (exact) mass is 477 g/mol. The van der Waals surface area contributed by atoms with E-state index in [0.717, 1.165) is 10.9 Å². The number of carboxylic acids is 1. The normalized spacial score (nSPS) is 14.5. The van der Waals surface area contributed by atoms with Gasteiger partial charge >= 0.3 is 11.7 Å². The summed E-state index contributed by atoms with van der Waals surface area (Å²) in [7, 11) is 7.15. The lowest BCUT2D eigenvalue weighted by atomic mass is 9.97. The summed E-state index contributed by atoms with van der Waals surface area (Å²) in [6, 6.07) is -0.491. The van der Waals surface area contributed by atoms with Gasteiger partial charge in [-0.15, -0.1) is 0 Å². The molecule has 14 heteroatoms. The van der Waals surface area contributed by atoms with Crippen LogP contribution in [0.2, 0.25) is 0 Å². The first-order valence-electron chi connectivity index (χ1n) is 10.1. The molecule has 0 fully saturated rings. The number of nitro groups is 1. The van der Waals surface area contributed by atoms with Crippen LogP contribution in [0.15, 0.2) is 18.2 Å². The topological polar surface area (TPSA) is 186 Å². The van der Waals surface area contributed by atoms with Crippen LogP contribution < -0.4 is 10.6 Å². The highest BCUT2D eigenvalue weighted by Gasteiger charge is 2.35. The number of nitriles is 1. The van der Waals surface area contributed by atoms with Crippen molar-refractivity contribution in [2.75, 3.05) is 7.05 Å². The lowest BCUT2D eigenvalue weighted by molar-refractivity contribution is -0.387. The number of halogens is 1. The Morgan fingerprint density at radius 2 is 1.91 bits per heavy atom. The fourth-order valence-corrected chi connectivity index (χ4v) is 3.04. The molecule has 12 nitrogen and oxygen atoms in total. The molecular formula is C20H25BFN5O7. The number of rotatable bonds is 12. The first-order valence-corrected chi connectivity index (χ1v) is 10.1. The molecule has 182 valence electrons. The molecule has 0 unspecified atom stereocenters. The molecule has 2 amide bonds. The molecule has 0 saturated carbocycles. The number of carboxylic acid groups (broad SMARTS) is 1. The molecule has 0 saturated heterocycles. The molecule has 0 aliphatic rings. The Balaban J connectivity index is 3.38. The van der Waals surface area contributed by atoms with Gasteiger partial charge in [0.1, 0.15) is 18.2 Å². The molecule has 0 aliphatic heterocycles. The summed E-state index contributed by atoms with van der Waals surface area (Å²) < 4.78 is 13.7. The van der Waals surface area contributed by atoms with Crippen molar-refractivity contribution in [2.45, 2.75) is 50.9 Å². The number of nitrogens with zero attached hydrogens (tertiary/aromatic N) is 3. The van der Waals surface area contributed by atoms with Crippen molar-refractivity contribution < 1.29 is 33.9 Å². The molecule has 1 aromatic rings. The van der Waals surface area contributed by atoms with E-state index in [4.69, 9.17) is 13.2 Å². The molecule has 4 N–H and O–H groups in total. The van der Waals surface area contributed by atoms with Gasteiger partial charge in [-0.05, 0) is 31.0 Å². The van der Waals surface area contributed by atoms with Crippen molar-refractivity contribution in [1.29, 1.82) is 5.26 Å². The van der Waals surface area contributed by atoms with Gasteiger partial charge in [0.15, 0.2) is 7.98 Å². The van der Waals surface area contributed by atoms with Crippen LogP contribution in [0.25, 0.3) is 0 Å². The van der Waals surface area contributed by atoms with Crippen LogP contribution in [0.1, 0.15) is 38.4 Å². The van der Waals surface area contributed by atoms with E-state index < -0.39 is 64.9 Å².